The van der Waals surface area contributed by atoms with Crippen molar-refractivity contribution in [3.05, 3.63) is 42.5 Å². The lowest BCUT2D eigenvalue weighted by Crippen LogP contribution is -1.98. The molecular weight excluding hydrogens is 268 g/mol. The molecule has 6 nitrogen and oxygen atoms in total. The lowest BCUT2D eigenvalue weighted by molar-refractivity contribution is -0.105. The molecule has 0 bridgehead atoms. The summed E-state index contributed by atoms with van der Waals surface area (Å²) in [7, 11) is 0. The summed E-state index contributed by atoms with van der Waals surface area (Å²) in [5, 5.41) is 11.4. The third-order valence-corrected chi connectivity index (χ3v) is 2.98. The van der Waals surface area contributed by atoms with E-state index in [2.05, 4.69) is 15.5 Å². The molecule has 0 atom stereocenters. The maximum absolute atomic E-state index is 10.5. The average Bonchev–Trinajstić information content (AvgIpc) is 2.92. The molecule has 0 aliphatic rings. The Morgan fingerprint density at radius 2 is 1.90 bits per heavy atom. The summed E-state index contributed by atoms with van der Waals surface area (Å²) in [6, 6.07) is 12.9. The maximum atomic E-state index is 10.5. The monoisotopic (exact) mass is 282 g/mol. The second-order valence-corrected chi connectivity index (χ2v) is 4.38. The Morgan fingerprint density at radius 1 is 1.14 bits per heavy atom. The number of carbonyl (C=O) groups excluding carboxylic acids is 1. The van der Waals surface area contributed by atoms with Crippen molar-refractivity contribution in [1.82, 2.24) is 15.0 Å². The summed E-state index contributed by atoms with van der Waals surface area (Å²) < 4.78 is 5.41. The maximum Gasteiger partial charge on any atom is 0.211 e. The van der Waals surface area contributed by atoms with Crippen LogP contribution in [0.4, 0.5) is 5.69 Å². The first-order valence-electron chi connectivity index (χ1n) is 6.60. The molecule has 1 heterocycles. The van der Waals surface area contributed by atoms with Crippen molar-refractivity contribution in [3.63, 3.8) is 0 Å². The molecule has 2 aromatic carbocycles. The van der Waals surface area contributed by atoms with Crippen LogP contribution in [0.2, 0.25) is 0 Å². The SMILES string of the molecule is CCOc1ccc(-n2nc3ccc(NC=O)cc3n2)cc1. The van der Waals surface area contributed by atoms with Crippen LogP contribution >= 0.6 is 0 Å². The van der Waals surface area contributed by atoms with Crippen LogP contribution in [0, 0.1) is 0 Å². The van der Waals surface area contributed by atoms with Crippen LogP contribution in [-0.2, 0) is 4.79 Å². The third-order valence-electron chi connectivity index (χ3n) is 2.98. The first kappa shape index (κ1) is 13.1. The fraction of sp³-hybridized carbons (Fsp3) is 0.133. The Labute approximate surface area is 121 Å². The zero-order valence-electron chi connectivity index (χ0n) is 11.5. The molecule has 21 heavy (non-hydrogen) atoms. The van der Waals surface area contributed by atoms with E-state index in [1.807, 2.05) is 37.3 Å². The summed E-state index contributed by atoms with van der Waals surface area (Å²) in [4.78, 5) is 12.0. The molecule has 0 unspecified atom stereocenters. The second kappa shape index (κ2) is 5.62. The Hall–Kier alpha value is -2.89. The number of hydrogen-bond donors (Lipinski definition) is 1. The van der Waals surface area contributed by atoms with Crippen LogP contribution in [-0.4, -0.2) is 28.0 Å². The summed E-state index contributed by atoms with van der Waals surface area (Å²) in [6.07, 6.45) is 0.637. The molecule has 3 rings (SSSR count). The molecule has 106 valence electrons. The van der Waals surface area contributed by atoms with Gasteiger partial charge in [-0.2, -0.15) is 4.80 Å². The number of fused-ring (bicyclic) bond motifs is 1. The van der Waals surface area contributed by atoms with E-state index in [1.54, 1.807) is 16.9 Å². The van der Waals surface area contributed by atoms with Gasteiger partial charge in [-0.25, -0.2) is 0 Å². The Bertz CT molecular complexity index is 765. The Kier molecular flexibility index (Phi) is 3.51. The molecule has 0 fully saturated rings. The molecule has 0 saturated heterocycles. The van der Waals surface area contributed by atoms with Gasteiger partial charge in [-0.1, -0.05) is 0 Å². The van der Waals surface area contributed by atoms with Gasteiger partial charge in [-0.05, 0) is 49.4 Å². The van der Waals surface area contributed by atoms with E-state index in [0.717, 1.165) is 22.5 Å². The van der Waals surface area contributed by atoms with Crippen molar-refractivity contribution < 1.29 is 9.53 Å². The summed E-state index contributed by atoms with van der Waals surface area (Å²) >= 11 is 0. The van der Waals surface area contributed by atoms with Gasteiger partial charge >= 0.3 is 0 Å². The van der Waals surface area contributed by atoms with Crippen molar-refractivity contribution in [2.24, 2.45) is 0 Å². The van der Waals surface area contributed by atoms with Gasteiger partial charge in [-0.15, -0.1) is 10.2 Å². The van der Waals surface area contributed by atoms with Gasteiger partial charge in [-0.3, -0.25) is 4.79 Å². The van der Waals surface area contributed by atoms with Gasteiger partial charge in [0.2, 0.25) is 6.41 Å². The summed E-state index contributed by atoms with van der Waals surface area (Å²) in [5.41, 5.74) is 3.02. The number of ether oxygens (including phenoxy) is 1. The molecule has 6 heteroatoms. The van der Waals surface area contributed by atoms with Gasteiger partial charge in [0.05, 0.1) is 12.3 Å². The summed E-state index contributed by atoms with van der Waals surface area (Å²) in [5.74, 6) is 0.815. The number of benzene rings is 2. The predicted molar refractivity (Wildman–Crippen MR) is 79.7 cm³/mol. The Balaban J connectivity index is 1.94. The molecule has 1 aromatic heterocycles. The minimum atomic E-state index is 0.635. The molecule has 0 aliphatic heterocycles. The van der Waals surface area contributed by atoms with Crippen molar-refractivity contribution in [3.8, 4) is 11.4 Å². The largest absolute Gasteiger partial charge is 0.494 e. The van der Waals surface area contributed by atoms with E-state index < -0.39 is 0 Å². The van der Waals surface area contributed by atoms with Crippen molar-refractivity contribution >= 4 is 23.1 Å². The molecule has 0 saturated carbocycles. The van der Waals surface area contributed by atoms with E-state index in [9.17, 15) is 4.79 Å². The number of hydrogen-bond acceptors (Lipinski definition) is 4. The first-order valence-corrected chi connectivity index (χ1v) is 6.60. The van der Waals surface area contributed by atoms with Crippen LogP contribution in [0.1, 0.15) is 6.92 Å². The molecule has 0 aliphatic carbocycles. The number of amides is 1. The van der Waals surface area contributed by atoms with Gasteiger partial charge in [0.1, 0.15) is 16.8 Å². The normalized spacial score (nSPS) is 10.5. The van der Waals surface area contributed by atoms with Crippen LogP contribution in [0.5, 0.6) is 5.75 Å². The molecule has 0 radical (unpaired) electrons. The highest BCUT2D eigenvalue weighted by Crippen LogP contribution is 2.18. The Morgan fingerprint density at radius 3 is 2.62 bits per heavy atom. The third kappa shape index (κ3) is 2.69. The van der Waals surface area contributed by atoms with Crippen LogP contribution in [0.25, 0.3) is 16.7 Å². The highest BCUT2D eigenvalue weighted by molar-refractivity contribution is 5.82. The lowest BCUT2D eigenvalue weighted by Gasteiger charge is -2.03. The molecule has 0 spiro atoms. The van der Waals surface area contributed by atoms with Gasteiger partial charge < -0.3 is 10.1 Å². The first-order chi connectivity index (χ1) is 10.3. The number of aromatic nitrogens is 3. The highest BCUT2D eigenvalue weighted by atomic mass is 16.5. The lowest BCUT2D eigenvalue weighted by atomic mass is 10.3. The van der Waals surface area contributed by atoms with E-state index in [0.29, 0.717) is 18.7 Å². The topological polar surface area (TPSA) is 69.0 Å². The van der Waals surface area contributed by atoms with E-state index in [1.165, 1.54) is 0 Å². The zero-order chi connectivity index (χ0) is 14.7. The number of anilines is 1. The van der Waals surface area contributed by atoms with Crippen LogP contribution < -0.4 is 10.1 Å². The predicted octanol–water partition coefficient (Wildman–Crippen LogP) is 2.39. The highest BCUT2D eigenvalue weighted by Gasteiger charge is 2.05. The zero-order valence-corrected chi connectivity index (χ0v) is 11.5. The van der Waals surface area contributed by atoms with E-state index >= 15 is 0 Å². The molecule has 3 aromatic rings. The minimum absolute atomic E-state index is 0.635. The standard InChI is InChI=1S/C15H14N4O2/c1-2-21-13-6-4-12(5-7-13)19-17-14-8-3-11(16-10-20)9-15(14)18-19/h3-10H,2H2,1H3,(H,16,20). The van der Waals surface area contributed by atoms with Gasteiger partial charge in [0, 0.05) is 5.69 Å². The number of carbonyl (C=O) groups is 1. The fourth-order valence-electron chi connectivity index (χ4n) is 2.03. The van der Waals surface area contributed by atoms with Gasteiger partial charge in [0.25, 0.3) is 0 Å². The van der Waals surface area contributed by atoms with Crippen LogP contribution in [0.3, 0.4) is 0 Å². The molecule has 1 amide bonds. The molecular formula is C15H14N4O2. The van der Waals surface area contributed by atoms with E-state index in [-0.39, 0.29) is 0 Å². The minimum Gasteiger partial charge on any atom is -0.494 e. The number of rotatable bonds is 5. The smallest absolute Gasteiger partial charge is 0.211 e. The van der Waals surface area contributed by atoms with E-state index in [4.69, 9.17) is 4.74 Å². The average molecular weight is 282 g/mol. The van der Waals surface area contributed by atoms with Crippen molar-refractivity contribution in [1.29, 1.82) is 0 Å². The number of nitrogens with zero attached hydrogens (tertiary/aromatic N) is 3. The van der Waals surface area contributed by atoms with Gasteiger partial charge in [0.15, 0.2) is 0 Å². The van der Waals surface area contributed by atoms with Crippen molar-refractivity contribution in [2.45, 2.75) is 6.92 Å². The number of nitrogens with one attached hydrogen (secondary N) is 1. The second-order valence-electron chi connectivity index (χ2n) is 4.38. The fourth-order valence-corrected chi connectivity index (χ4v) is 2.03. The quantitative estimate of drug-likeness (QED) is 0.729. The summed E-state index contributed by atoms with van der Waals surface area (Å²) in [6.45, 7) is 2.58. The van der Waals surface area contributed by atoms with Crippen molar-refractivity contribution in [2.75, 3.05) is 11.9 Å². The molecule has 1 N–H and O–H groups in total. The van der Waals surface area contributed by atoms with Crippen LogP contribution in [0.15, 0.2) is 42.5 Å².